The molecule has 0 unspecified atom stereocenters. The van der Waals surface area contributed by atoms with Crippen molar-refractivity contribution in [3.63, 3.8) is 0 Å². The number of ether oxygens (including phenoxy) is 1. The van der Waals surface area contributed by atoms with Crippen LogP contribution in [0.2, 0.25) is 0 Å². The van der Waals surface area contributed by atoms with E-state index in [0.29, 0.717) is 32.5 Å². The van der Waals surface area contributed by atoms with E-state index >= 15 is 0 Å². The monoisotopic (exact) mass is 307 g/mol. The Balaban J connectivity index is 1.77. The van der Waals surface area contributed by atoms with E-state index in [1.165, 1.54) is 0 Å². The minimum atomic E-state index is -0.870. The minimum Gasteiger partial charge on any atom is -0.372 e. The number of carbonyl (C=O) groups is 2. The van der Waals surface area contributed by atoms with E-state index in [9.17, 15) is 14.9 Å². The molecule has 0 spiro atoms. The molecule has 1 N–H and O–H groups in total. The van der Waals surface area contributed by atoms with Gasteiger partial charge in [-0.05, 0) is 26.7 Å². The summed E-state index contributed by atoms with van der Waals surface area (Å²) in [6, 6.07) is 2.17. The number of amides is 2. The lowest BCUT2D eigenvalue weighted by atomic mass is 9.87. The van der Waals surface area contributed by atoms with Crippen LogP contribution in [0.15, 0.2) is 0 Å². The molecule has 0 aromatic rings. The van der Waals surface area contributed by atoms with Crippen molar-refractivity contribution in [2.24, 2.45) is 5.41 Å². The zero-order valence-electron chi connectivity index (χ0n) is 13.4. The first kappa shape index (κ1) is 16.8. The fourth-order valence-corrected chi connectivity index (χ4v) is 3.36. The number of morpholine rings is 1. The van der Waals surface area contributed by atoms with Gasteiger partial charge in [-0.2, -0.15) is 5.26 Å². The van der Waals surface area contributed by atoms with Gasteiger partial charge in [0.25, 0.3) is 0 Å². The van der Waals surface area contributed by atoms with E-state index in [2.05, 4.69) is 11.4 Å². The van der Waals surface area contributed by atoms with Gasteiger partial charge in [0.1, 0.15) is 5.41 Å². The predicted molar refractivity (Wildman–Crippen MR) is 80.7 cm³/mol. The van der Waals surface area contributed by atoms with Crippen LogP contribution in [0.1, 0.15) is 46.0 Å². The summed E-state index contributed by atoms with van der Waals surface area (Å²) in [6.45, 7) is 5.39. The Morgan fingerprint density at radius 1 is 1.27 bits per heavy atom. The highest BCUT2D eigenvalue weighted by Gasteiger charge is 2.41. The second kappa shape index (κ2) is 7.10. The maximum atomic E-state index is 12.2. The lowest BCUT2D eigenvalue weighted by Gasteiger charge is -2.35. The summed E-state index contributed by atoms with van der Waals surface area (Å²) in [5.74, 6) is -0.191. The van der Waals surface area contributed by atoms with Crippen LogP contribution in [-0.2, 0) is 14.3 Å². The number of hydrogen-bond acceptors (Lipinski definition) is 4. The van der Waals surface area contributed by atoms with E-state index in [1.807, 2.05) is 13.8 Å². The van der Waals surface area contributed by atoms with Crippen LogP contribution in [0.3, 0.4) is 0 Å². The molecule has 6 heteroatoms. The zero-order chi connectivity index (χ0) is 16.2. The van der Waals surface area contributed by atoms with Crippen molar-refractivity contribution >= 4 is 11.8 Å². The van der Waals surface area contributed by atoms with Crippen LogP contribution in [-0.4, -0.2) is 48.6 Å². The van der Waals surface area contributed by atoms with Crippen molar-refractivity contribution in [3.05, 3.63) is 0 Å². The van der Waals surface area contributed by atoms with E-state index in [0.717, 1.165) is 12.8 Å². The maximum absolute atomic E-state index is 12.2. The van der Waals surface area contributed by atoms with Gasteiger partial charge in [0.15, 0.2) is 0 Å². The highest BCUT2D eigenvalue weighted by atomic mass is 16.5. The van der Waals surface area contributed by atoms with Gasteiger partial charge in [-0.15, -0.1) is 0 Å². The summed E-state index contributed by atoms with van der Waals surface area (Å²) < 4.78 is 5.60. The Morgan fingerprint density at radius 2 is 1.86 bits per heavy atom. The minimum absolute atomic E-state index is 0.0275. The van der Waals surface area contributed by atoms with Crippen molar-refractivity contribution in [2.75, 3.05) is 19.6 Å². The molecule has 0 aromatic heterocycles. The molecule has 2 amide bonds. The van der Waals surface area contributed by atoms with Crippen LogP contribution >= 0.6 is 0 Å². The molecular weight excluding hydrogens is 282 g/mol. The molecule has 0 bridgehead atoms. The molecule has 1 aliphatic heterocycles. The van der Waals surface area contributed by atoms with E-state index in [1.54, 1.807) is 4.90 Å². The highest BCUT2D eigenvalue weighted by molar-refractivity contribution is 5.86. The molecular formula is C16H25N3O3. The average Bonchev–Trinajstić information content (AvgIpc) is 2.96. The van der Waals surface area contributed by atoms with Crippen LogP contribution in [0.25, 0.3) is 0 Å². The van der Waals surface area contributed by atoms with Gasteiger partial charge in [0, 0.05) is 26.1 Å². The SMILES string of the molecule is C[C@H]1CN(C(=O)CCNC(=O)C2(C#N)CCCC2)C[C@H](C)O1. The Bertz CT molecular complexity index is 456. The summed E-state index contributed by atoms with van der Waals surface area (Å²) in [4.78, 5) is 26.2. The van der Waals surface area contributed by atoms with Crippen LogP contribution in [0.4, 0.5) is 0 Å². The first-order valence-corrected chi connectivity index (χ1v) is 8.09. The third kappa shape index (κ3) is 3.77. The summed E-state index contributed by atoms with van der Waals surface area (Å²) in [5.41, 5.74) is -0.870. The van der Waals surface area contributed by atoms with Crippen molar-refractivity contribution in [1.82, 2.24) is 10.2 Å². The lowest BCUT2D eigenvalue weighted by Crippen LogP contribution is -2.49. The molecule has 122 valence electrons. The summed E-state index contributed by atoms with van der Waals surface area (Å²) >= 11 is 0. The molecule has 1 saturated carbocycles. The van der Waals surface area contributed by atoms with Gasteiger partial charge in [-0.25, -0.2) is 0 Å². The highest BCUT2D eigenvalue weighted by Crippen LogP contribution is 2.37. The molecule has 2 rings (SSSR count). The topological polar surface area (TPSA) is 82.4 Å². The second-order valence-corrected chi connectivity index (χ2v) is 6.46. The fraction of sp³-hybridized carbons (Fsp3) is 0.812. The number of carbonyl (C=O) groups excluding carboxylic acids is 2. The van der Waals surface area contributed by atoms with Crippen LogP contribution in [0.5, 0.6) is 0 Å². The molecule has 2 aliphatic rings. The standard InChI is InChI=1S/C16H25N3O3/c1-12-9-19(10-13(2)22-12)14(20)5-8-18-15(21)16(11-17)6-3-4-7-16/h12-13H,3-10H2,1-2H3,(H,18,21)/t12-,13-/m0/s1. The molecule has 1 saturated heterocycles. The number of nitriles is 1. The number of hydrogen-bond donors (Lipinski definition) is 1. The van der Waals surface area contributed by atoms with Gasteiger partial charge < -0.3 is 15.0 Å². The Kier molecular flexibility index (Phi) is 5.41. The molecule has 2 fully saturated rings. The quantitative estimate of drug-likeness (QED) is 0.846. The molecule has 0 radical (unpaired) electrons. The van der Waals surface area contributed by atoms with E-state index in [4.69, 9.17) is 4.74 Å². The van der Waals surface area contributed by atoms with E-state index in [-0.39, 0.29) is 30.4 Å². The number of nitrogens with one attached hydrogen (secondary N) is 1. The van der Waals surface area contributed by atoms with Gasteiger partial charge in [0.2, 0.25) is 11.8 Å². The van der Waals surface area contributed by atoms with Crippen molar-refractivity contribution in [3.8, 4) is 6.07 Å². The molecule has 1 aliphatic carbocycles. The van der Waals surface area contributed by atoms with Crippen LogP contribution < -0.4 is 5.32 Å². The van der Waals surface area contributed by atoms with Crippen molar-refractivity contribution < 1.29 is 14.3 Å². The fourth-order valence-electron chi connectivity index (χ4n) is 3.36. The summed E-state index contributed by atoms with van der Waals surface area (Å²) in [6.07, 6.45) is 3.45. The summed E-state index contributed by atoms with van der Waals surface area (Å²) in [5, 5.41) is 12.0. The first-order chi connectivity index (χ1) is 10.5. The third-order valence-corrected chi connectivity index (χ3v) is 4.50. The molecule has 22 heavy (non-hydrogen) atoms. The maximum Gasteiger partial charge on any atom is 0.240 e. The van der Waals surface area contributed by atoms with Gasteiger partial charge >= 0.3 is 0 Å². The van der Waals surface area contributed by atoms with Gasteiger partial charge in [-0.3, -0.25) is 9.59 Å². The molecule has 0 aromatic carbocycles. The summed E-state index contributed by atoms with van der Waals surface area (Å²) in [7, 11) is 0. The smallest absolute Gasteiger partial charge is 0.240 e. The largest absolute Gasteiger partial charge is 0.372 e. The third-order valence-electron chi connectivity index (χ3n) is 4.50. The normalized spacial score (nSPS) is 27.2. The van der Waals surface area contributed by atoms with Crippen molar-refractivity contribution in [2.45, 2.75) is 58.2 Å². The second-order valence-electron chi connectivity index (χ2n) is 6.46. The van der Waals surface area contributed by atoms with Gasteiger partial charge in [0.05, 0.1) is 18.3 Å². The zero-order valence-corrected chi connectivity index (χ0v) is 13.4. The first-order valence-electron chi connectivity index (χ1n) is 8.09. The average molecular weight is 307 g/mol. The Hall–Kier alpha value is -1.61. The number of nitrogens with zero attached hydrogens (tertiary/aromatic N) is 2. The number of rotatable bonds is 4. The van der Waals surface area contributed by atoms with E-state index < -0.39 is 5.41 Å². The molecule has 2 atom stereocenters. The van der Waals surface area contributed by atoms with Crippen LogP contribution in [0, 0.1) is 16.7 Å². The van der Waals surface area contributed by atoms with Gasteiger partial charge in [-0.1, -0.05) is 12.8 Å². The Labute approximate surface area is 131 Å². The van der Waals surface area contributed by atoms with Crippen molar-refractivity contribution in [1.29, 1.82) is 5.26 Å². The lowest BCUT2D eigenvalue weighted by molar-refractivity contribution is -0.143. The molecule has 6 nitrogen and oxygen atoms in total. The Morgan fingerprint density at radius 3 is 2.41 bits per heavy atom. The molecule has 1 heterocycles. The predicted octanol–water partition coefficient (Wildman–Crippen LogP) is 1.21.